The third-order valence-corrected chi connectivity index (χ3v) is 18.9. The quantitative estimate of drug-likeness (QED) is 0.188. The fourth-order valence-electron chi connectivity index (χ4n) is 6.26. The molecule has 4 atom stereocenters. The third-order valence-electron chi connectivity index (χ3n) is 9.13. The molecule has 1 saturated heterocycles. The lowest BCUT2D eigenvalue weighted by molar-refractivity contribution is -0.0607. The van der Waals surface area contributed by atoms with Crippen LogP contribution < -0.4 is 11.2 Å². The fraction of sp³-hybridized carbons (Fsp3) is 0.486. The molecule has 2 heterocycles. The van der Waals surface area contributed by atoms with Crippen molar-refractivity contribution in [2.24, 2.45) is 0 Å². The number of aliphatic hydroxyl groups is 1. The molecule has 2 aromatic carbocycles. The van der Waals surface area contributed by atoms with Crippen LogP contribution in [0.4, 0.5) is 0 Å². The number of benzene rings is 2. The SMILES string of the molecule is CC(C)[Si](O)(O[Si](O[C@H]1[C@@H](OC(=O)c2ccccc2)[C@H](n2ccc(=O)n(C(=O)c3ccccc3)c2=O)O[C@@H]1CO)(C(C)C)C(C)C)C(C)C. The van der Waals surface area contributed by atoms with E-state index in [0.717, 1.165) is 10.6 Å². The molecule has 14 heteroatoms. The van der Waals surface area contributed by atoms with E-state index in [1.54, 1.807) is 48.5 Å². The van der Waals surface area contributed by atoms with Crippen molar-refractivity contribution in [1.82, 2.24) is 9.13 Å². The van der Waals surface area contributed by atoms with E-state index in [1.807, 2.05) is 55.4 Å². The van der Waals surface area contributed by atoms with Crippen molar-refractivity contribution in [2.45, 2.75) is 102 Å². The van der Waals surface area contributed by atoms with Crippen LogP contribution >= 0.6 is 0 Å². The summed E-state index contributed by atoms with van der Waals surface area (Å²) in [6, 6.07) is 17.1. The second-order valence-corrected chi connectivity index (χ2v) is 22.2. The number of hydrogen-bond acceptors (Lipinski definition) is 10. The molecule has 4 rings (SSSR count). The molecule has 0 unspecified atom stereocenters. The highest BCUT2D eigenvalue weighted by molar-refractivity contribution is 6.83. The molecule has 0 spiro atoms. The highest BCUT2D eigenvalue weighted by Crippen LogP contribution is 2.45. The van der Waals surface area contributed by atoms with Gasteiger partial charge in [0.15, 0.2) is 12.3 Å². The largest absolute Gasteiger partial charge is 0.451 e. The van der Waals surface area contributed by atoms with Gasteiger partial charge < -0.3 is 27.9 Å². The highest BCUT2D eigenvalue weighted by atomic mass is 28.5. The van der Waals surface area contributed by atoms with Crippen molar-refractivity contribution in [2.75, 3.05) is 6.61 Å². The first-order valence-electron chi connectivity index (χ1n) is 16.7. The van der Waals surface area contributed by atoms with Crippen LogP contribution in [0.15, 0.2) is 82.5 Å². The molecular weight excluding hydrogens is 665 g/mol. The summed E-state index contributed by atoms with van der Waals surface area (Å²) in [7, 11) is -6.93. The van der Waals surface area contributed by atoms with Gasteiger partial charge in [-0.05, 0) is 46.4 Å². The maximum atomic E-state index is 14.0. The Morgan fingerprint density at radius 3 is 1.82 bits per heavy atom. The van der Waals surface area contributed by atoms with Gasteiger partial charge in [-0.25, -0.2) is 9.59 Å². The van der Waals surface area contributed by atoms with E-state index in [0.29, 0.717) is 4.57 Å². The number of carbonyl (C=O) groups excluding carboxylic acids is 2. The van der Waals surface area contributed by atoms with Gasteiger partial charge in [0.1, 0.15) is 12.2 Å². The van der Waals surface area contributed by atoms with E-state index >= 15 is 0 Å². The lowest BCUT2D eigenvalue weighted by Crippen LogP contribution is -2.62. The lowest BCUT2D eigenvalue weighted by atomic mass is 10.1. The van der Waals surface area contributed by atoms with Gasteiger partial charge in [-0.3, -0.25) is 14.2 Å². The van der Waals surface area contributed by atoms with Crippen LogP contribution in [0.2, 0.25) is 22.2 Å². The molecule has 49 heavy (non-hydrogen) atoms. The summed E-state index contributed by atoms with van der Waals surface area (Å²) in [5, 5.41) is 10.6. The zero-order valence-corrected chi connectivity index (χ0v) is 31.3. The minimum atomic E-state index is -3.50. The Kier molecular flexibility index (Phi) is 12.2. The monoisotopic (exact) mass is 712 g/mol. The molecule has 3 aromatic rings. The van der Waals surface area contributed by atoms with Gasteiger partial charge in [-0.15, -0.1) is 0 Å². The molecule has 1 aliphatic heterocycles. The van der Waals surface area contributed by atoms with Gasteiger partial charge in [-0.2, -0.15) is 4.57 Å². The Morgan fingerprint density at radius 2 is 1.33 bits per heavy atom. The first kappa shape index (κ1) is 38.3. The Balaban J connectivity index is 1.88. The molecule has 0 bridgehead atoms. The Morgan fingerprint density at radius 1 is 0.796 bits per heavy atom. The summed E-state index contributed by atoms with van der Waals surface area (Å²) in [4.78, 5) is 65.9. The number of ether oxygens (including phenoxy) is 2. The van der Waals surface area contributed by atoms with Gasteiger partial charge in [0.05, 0.1) is 12.2 Å². The van der Waals surface area contributed by atoms with Gasteiger partial charge in [0.2, 0.25) is 0 Å². The van der Waals surface area contributed by atoms with Gasteiger partial charge >= 0.3 is 28.8 Å². The summed E-state index contributed by atoms with van der Waals surface area (Å²) >= 11 is 0. The molecule has 0 amide bonds. The average molecular weight is 713 g/mol. The Hall–Kier alpha value is -3.51. The van der Waals surface area contributed by atoms with Gasteiger partial charge in [-0.1, -0.05) is 91.8 Å². The first-order valence-corrected chi connectivity index (χ1v) is 20.6. The van der Waals surface area contributed by atoms with Crippen molar-refractivity contribution in [3.8, 4) is 0 Å². The maximum Gasteiger partial charge on any atom is 0.340 e. The van der Waals surface area contributed by atoms with Crippen molar-refractivity contribution in [3.63, 3.8) is 0 Å². The summed E-state index contributed by atoms with van der Waals surface area (Å²) in [5.74, 6) is -1.59. The number of rotatable bonds is 13. The van der Waals surface area contributed by atoms with Crippen LogP contribution in [-0.2, 0) is 18.0 Å². The second-order valence-electron chi connectivity index (χ2n) is 13.6. The zero-order chi connectivity index (χ0) is 36.3. The van der Waals surface area contributed by atoms with Crippen LogP contribution in [0.1, 0.15) is 82.3 Å². The molecule has 12 nitrogen and oxygen atoms in total. The summed E-state index contributed by atoms with van der Waals surface area (Å²) < 4.78 is 27.8. The number of esters is 1. The lowest BCUT2D eigenvalue weighted by Gasteiger charge is -2.47. The normalized spacial score (nSPS) is 20.0. The maximum absolute atomic E-state index is 14.0. The molecule has 1 fully saturated rings. The smallest absolute Gasteiger partial charge is 0.340 e. The number of carbonyl (C=O) groups is 2. The van der Waals surface area contributed by atoms with Crippen molar-refractivity contribution in [3.05, 3.63) is 105 Å². The van der Waals surface area contributed by atoms with Crippen LogP contribution in [0.5, 0.6) is 0 Å². The minimum Gasteiger partial charge on any atom is -0.451 e. The molecule has 266 valence electrons. The molecule has 2 N–H and O–H groups in total. The van der Waals surface area contributed by atoms with E-state index in [9.17, 15) is 29.1 Å². The van der Waals surface area contributed by atoms with E-state index in [4.69, 9.17) is 18.0 Å². The highest BCUT2D eigenvalue weighted by Gasteiger charge is 2.59. The molecule has 0 radical (unpaired) electrons. The van der Waals surface area contributed by atoms with Crippen LogP contribution in [0.3, 0.4) is 0 Å². The topological polar surface area (TPSA) is 156 Å². The minimum absolute atomic E-state index is 0.113. The third kappa shape index (κ3) is 7.65. The molecule has 0 aliphatic carbocycles. The summed E-state index contributed by atoms with van der Waals surface area (Å²) in [6.45, 7) is 14.9. The van der Waals surface area contributed by atoms with Crippen LogP contribution in [-0.4, -0.2) is 73.0 Å². The average Bonchev–Trinajstić information content (AvgIpc) is 3.40. The molecule has 0 saturated carbocycles. The molecule has 1 aromatic heterocycles. The second kappa shape index (κ2) is 15.6. The van der Waals surface area contributed by atoms with Gasteiger partial charge in [0, 0.05) is 17.8 Å². The van der Waals surface area contributed by atoms with E-state index in [-0.39, 0.29) is 33.3 Å². The zero-order valence-electron chi connectivity index (χ0n) is 29.3. The van der Waals surface area contributed by atoms with Gasteiger partial charge in [0.25, 0.3) is 11.5 Å². The standard InChI is InChI=1S/C35H48N2O10Si2/c1-22(2)48(43,23(3)4)47-49(24(5)6,25(7)8)46-30-28(21-38)44-33(31(30)45-34(41)27-17-13-10-14-18-27)36-20-19-29(39)37(35(36)42)32(40)26-15-11-9-12-16-26/h9-20,22-25,28,30-31,33,38,43H,21H2,1-8H3/t28-,30-,31-,33-/m1/s1. The van der Waals surface area contributed by atoms with Crippen molar-refractivity contribution >= 4 is 29.0 Å². The predicted octanol–water partition coefficient (Wildman–Crippen LogP) is 4.73. The fourth-order valence-corrected chi connectivity index (χ4v) is 16.2. The summed E-state index contributed by atoms with van der Waals surface area (Å²) in [6.07, 6.45) is -3.92. The first-order chi connectivity index (χ1) is 23.1. The van der Waals surface area contributed by atoms with Crippen LogP contribution in [0.25, 0.3) is 0 Å². The molecular formula is C35H48N2O10Si2. The molecule has 1 aliphatic rings. The van der Waals surface area contributed by atoms with Crippen molar-refractivity contribution in [1.29, 1.82) is 0 Å². The van der Waals surface area contributed by atoms with E-state index in [1.165, 1.54) is 18.3 Å². The predicted molar refractivity (Wildman–Crippen MR) is 188 cm³/mol. The number of aromatic nitrogens is 2. The van der Waals surface area contributed by atoms with Crippen LogP contribution in [0, 0.1) is 0 Å². The summed E-state index contributed by atoms with van der Waals surface area (Å²) in [5.41, 5.74) is -2.37. The van der Waals surface area contributed by atoms with Crippen molar-refractivity contribution < 1.29 is 37.5 Å². The Bertz CT molecular complexity index is 1690. The number of aliphatic hydroxyl groups excluding tert-OH is 1. The van der Waals surface area contributed by atoms with E-state index < -0.39 is 71.4 Å². The number of hydrogen-bond donors (Lipinski definition) is 2. The Labute approximate surface area is 288 Å². The number of nitrogens with zero attached hydrogens (tertiary/aromatic N) is 2. The van der Waals surface area contributed by atoms with E-state index in [2.05, 4.69) is 0 Å².